The highest BCUT2D eigenvalue weighted by molar-refractivity contribution is 7.80. The summed E-state index contributed by atoms with van der Waals surface area (Å²) in [5, 5.41) is 0. The van der Waals surface area contributed by atoms with E-state index < -0.39 is 0 Å². The molecule has 1 fully saturated rings. The molecule has 0 spiro atoms. The Bertz CT molecular complexity index is 255. The minimum absolute atomic E-state index is 0.0978. The quantitative estimate of drug-likeness (QED) is 0.746. The first kappa shape index (κ1) is 12.4. The van der Waals surface area contributed by atoms with Crippen LogP contribution in [0.4, 0.5) is 0 Å². The lowest BCUT2D eigenvalue weighted by Crippen LogP contribution is -2.45. The van der Waals surface area contributed by atoms with E-state index in [1.807, 2.05) is 4.90 Å². The minimum atomic E-state index is -0.310. The van der Waals surface area contributed by atoms with E-state index in [0.29, 0.717) is 10.9 Å². The van der Waals surface area contributed by atoms with Crippen molar-refractivity contribution in [2.45, 2.75) is 33.1 Å². The number of carbonyl (C=O) groups is 1. The lowest BCUT2D eigenvalue weighted by atomic mass is 9.94. The number of rotatable bonds is 3. The molecule has 4 heteroatoms. The Hall–Kier alpha value is -0.640. The van der Waals surface area contributed by atoms with Crippen molar-refractivity contribution >= 4 is 23.1 Å². The first-order chi connectivity index (χ1) is 7.06. The summed E-state index contributed by atoms with van der Waals surface area (Å²) in [5.41, 5.74) is 5.49. The van der Waals surface area contributed by atoms with Gasteiger partial charge < -0.3 is 10.6 Å². The van der Waals surface area contributed by atoms with Gasteiger partial charge >= 0.3 is 0 Å². The summed E-state index contributed by atoms with van der Waals surface area (Å²) in [7, 11) is 0. The maximum Gasteiger partial charge on any atom is 0.232 e. The van der Waals surface area contributed by atoms with Crippen LogP contribution in [-0.4, -0.2) is 28.9 Å². The van der Waals surface area contributed by atoms with Crippen molar-refractivity contribution in [3.8, 4) is 0 Å². The molecule has 1 rings (SSSR count). The Kier molecular flexibility index (Phi) is 4.51. The lowest BCUT2D eigenvalue weighted by molar-refractivity contribution is -0.134. The second-order valence-electron chi connectivity index (χ2n) is 4.32. The number of hydrogen-bond donors (Lipinski definition) is 1. The third kappa shape index (κ3) is 3.16. The van der Waals surface area contributed by atoms with Crippen LogP contribution < -0.4 is 5.73 Å². The fourth-order valence-electron chi connectivity index (χ4n) is 1.99. The molecule has 2 atom stereocenters. The summed E-state index contributed by atoms with van der Waals surface area (Å²) in [6, 6.07) is 0. The number of nitrogens with zero attached hydrogens (tertiary/aromatic N) is 1. The van der Waals surface area contributed by atoms with Gasteiger partial charge in [-0.15, -0.1) is 0 Å². The van der Waals surface area contributed by atoms with Gasteiger partial charge in [0.15, 0.2) is 0 Å². The summed E-state index contributed by atoms with van der Waals surface area (Å²) < 4.78 is 0. The summed E-state index contributed by atoms with van der Waals surface area (Å²) >= 11 is 4.85. The first-order valence-corrected chi connectivity index (χ1v) is 6.05. The van der Waals surface area contributed by atoms with E-state index in [2.05, 4.69) is 6.92 Å². The molecule has 0 aromatic carbocycles. The molecule has 86 valence electrons. The second kappa shape index (κ2) is 5.45. The van der Waals surface area contributed by atoms with Crippen molar-refractivity contribution in [3.05, 3.63) is 0 Å². The van der Waals surface area contributed by atoms with Crippen molar-refractivity contribution in [2.24, 2.45) is 17.6 Å². The van der Waals surface area contributed by atoms with Gasteiger partial charge in [0.25, 0.3) is 0 Å². The molecule has 0 aromatic heterocycles. The van der Waals surface area contributed by atoms with Crippen LogP contribution in [0.5, 0.6) is 0 Å². The van der Waals surface area contributed by atoms with E-state index in [9.17, 15) is 4.79 Å². The maximum absolute atomic E-state index is 12.0. The highest BCUT2D eigenvalue weighted by atomic mass is 32.1. The number of amides is 1. The van der Waals surface area contributed by atoms with Gasteiger partial charge in [0.1, 0.15) is 0 Å². The molecule has 0 aromatic rings. The number of hydrogen-bond acceptors (Lipinski definition) is 2. The zero-order valence-electron chi connectivity index (χ0n) is 9.53. The van der Waals surface area contributed by atoms with Gasteiger partial charge in [0.05, 0.1) is 10.9 Å². The van der Waals surface area contributed by atoms with E-state index in [-0.39, 0.29) is 11.8 Å². The molecule has 1 saturated heterocycles. The first-order valence-electron chi connectivity index (χ1n) is 5.64. The van der Waals surface area contributed by atoms with Gasteiger partial charge in [-0.3, -0.25) is 4.79 Å². The van der Waals surface area contributed by atoms with Crippen LogP contribution in [-0.2, 0) is 4.79 Å². The molecule has 3 nitrogen and oxygen atoms in total. The number of likely N-dealkylation sites (tertiary alicyclic amines) is 1. The monoisotopic (exact) mass is 228 g/mol. The molecule has 15 heavy (non-hydrogen) atoms. The predicted molar refractivity (Wildman–Crippen MR) is 65.5 cm³/mol. The van der Waals surface area contributed by atoms with Gasteiger partial charge in [-0.2, -0.15) is 0 Å². The van der Waals surface area contributed by atoms with Crippen LogP contribution in [0, 0.1) is 11.8 Å². The molecule has 0 bridgehead atoms. The van der Waals surface area contributed by atoms with Gasteiger partial charge in [-0.05, 0) is 25.7 Å². The SMILES string of the molecule is CCC1CCCN(C(=O)C(C)C(N)=S)C1. The third-order valence-corrected chi connectivity index (χ3v) is 3.56. The zero-order chi connectivity index (χ0) is 11.4. The van der Waals surface area contributed by atoms with E-state index in [1.165, 1.54) is 6.42 Å². The van der Waals surface area contributed by atoms with Crippen molar-refractivity contribution in [3.63, 3.8) is 0 Å². The van der Waals surface area contributed by atoms with Crippen LogP contribution in [0.25, 0.3) is 0 Å². The maximum atomic E-state index is 12.0. The summed E-state index contributed by atoms with van der Waals surface area (Å²) in [5.74, 6) is 0.442. The molecular weight excluding hydrogens is 208 g/mol. The molecule has 2 N–H and O–H groups in total. The molecule has 0 aliphatic carbocycles. The van der Waals surface area contributed by atoms with E-state index in [4.69, 9.17) is 18.0 Å². The minimum Gasteiger partial charge on any atom is -0.393 e. The number of thiocarbonyl (C=S) groups is 1. The summed E-state index contributed by atoms with van der Waals surface area (Å²) in [4.78, 5) is 14.2. The Morgan fingerprint density at radius 1 is 1.67 bits per heavy atom. The van der Waals surface area contributed by atoms with Crippen molar-refractivity contribution in [1.29, 1.82) is 0 Å². The molecule has 1 heterocycles. The summed E-state index contributed by atoms with van der Waals surface area (Å²) in [6.45, 7) is 5.71. The van der Waals surface area contributed by atoms with Crippen LogP contribution in [0.3, 0.4) is 0 Å². The molecule has 0 saturated carbocycles. The van der Waals surface area contributed by atoms with Crippen LogP contribution in [0.15, 0.2) is 0 Å². The largest absolute Gasteiger partial charge is 0.393 e. The fraction of sp³-hybridized carbons (Fsp3) is 0.818. The van der Waals surface area contributed by atoms with Gasteiger partial charge in [-0.25, -0.2) is 0 Å². The summed E-state index contributed by atoms with van der Waals surface area (Å²) in [6.07, 6.45) is 3.49. The number of carbonyl (C=O) groups excluding carboxylic acids is 1. The fourth-order valence-corrected chi connectivity index (χ4v) is 2.09. The number of nitrogens with two attached hydrogens (primary N) is 1. The molecule has 1 amide bonds. The zero-order valence-corrected chi connectivity index (χ0v) is 10.3. The van der Waals surface area contributed by atoms with Gasteiger partial charge in [-0.1, -0.05) is 25.6 Å². The molecule has 1 aliphatic heterocycles. The highest BCUT2D eigenvalue weighted by Gasteiger charge is 2.26. The highest BCUT2D eigenvalue weighted by Crippen LogP contribution is 2.20. The molecule has 1 aliphatic rings. The van der Waals surface area contributed by atoms with Crippen molar-refractivity contribution in [1.82, 2.24) is 4.90 Å². The van der Waals surface area contributed by atoms with Crippen LogP contribution in [0.1, 0.15) is 33.1 Å². The van der Waals surface area contributed by atoms with Crippen LogP contribution >= 0.6 is 12.2 Å². The number of piperidine rings is 1. The van der Waals surface area contributed by atoms with Gasteiger partial charge in [0.2, 0.25) is 5.91 Å². The van der Waals surface area contributed by atoms with E-state index >= 15 is 0 Å². The Labute approximate surface area is 97.0 Å². The molecular formula is C11H20N2OS. The normalized spacial score (nSPS) is 23.6. The molecule has 2 unspecified atom stereocenters. The van der Waals surface area contributed by atoms with Crippen LogP contribution in [0.2, 0.25) is 0 Å². The average Bonchev–Trinajstić information content (AvgIpc) is 2.27. The molecule has 0 radical (unpaired) electrons. The topological polar surface area (TPSA) is 46.3 Å². The lowest BCUT2D eigenvalue weighted by Gasteiger charge is -2.33. The predicted octanol–water partition coefficient (Wildman–Crippen LogP) is 1.56. The average molecular weight is 228 g/mol. The Balaban J connectivity index is 2.55. The van der Waals surface area contributed by atoms with Gasteiger partial charge in [0, 0.05) is 13.1 Å². The van der Waals surface area contributed by atoms with E-state index in [1.54, 1.807) is 6.92 Å². The van der Waals surface area contributed by atoms with E-state index in [0.717, 1.165) is 25.9 Å². The standard InChI is InChI=1S/C11H20N2OS/c1-3-9-5-4-6-13(7-9)11(14)8(2)10(12)15/h8-9H,3-7H2,1-2H3,(H2,12,15). The van der Waals surface area contributed by atoms with Crippen molar-refractivity contribution < 1.29 is 4.79 Å². The smallest absolute Gasteiger partial charge is 0.232 e. The van der Waals surface area contributed by atoms with Crippen molar-refractivity contribution in [2.75, 3.05) is 13.1 Å². The Morgan fingerprint density at radius 3 is 2.87 bits per heavy atom. The Morgan fingerprint density at radius 2 is 2.33 bits per heavy atom. The third-order valence-electron chi connectivity index (χ3n) is 3.21. The second-order valence-corrected chi connectivity index (χ2v) is 4.80.